The van der Waals surface area contributed by atoms with Crippen molar-refractivity contribution in [2.24, 2.45) is 0 Å². The molecular weight excluding hydrogens is 131 g/mol. The van der Waals surface area contributed by atoms with Crippen LogP contribution < -0.4 is 0 Å². The van der Waals surface area contributed by atoms with E-state index >= 15 is 0 Å². The van der Waals surface area contributed by atoms with Gasteiger partial charge in [-0.1, -0.05) is 32.8 Å². The number of rotatable bonds is 5. The van der Waals surface area contributed by atoms with Gasteiger partial charge in [0.05, 0.1) is 0 Å². The third-order valence-corrected chi connectivity index (χ3v) is 1.44. The van der Waals surface area contributed by atoms with Crippen molar-refractivity contribution >= 4 is 0 Å². The Bertz CT molecular complexity index is 101. The first-order valence-corrected chi connectivity index (χ1v) is 3.70. The molecular formula is C8H15FO. The van der Waals surface area contributed by atoms with E-state index in [4.69, 9.17) is 5.11 Å². The third kappa shape index (κ3) is 4.50. The topological polar surface area (TPSA) is 20.2 Å². The first kappa shape index (κ1) is 9.63. The zero-order valence-electron chi connectivity index (χ0n) is 6.44. The van der Waals surface area contributed by atoms with E-state index in [-0.39, 0.29) is 0 Å². The number of aliphatic hydroxyl groups excluding tert-OH is 1. The molecule has 0 saturated heterocycles. The molecule has 0 aliphatic heterocycles. The molecule has 0 rings (SSSR count). The molecule has 2 heteroatoms. The van der Waals surface area contributed by atoms with E-state index in [0.717, 1.165) is 19.3 Å². The van der Waals surface area contributed by atoms with Crippen LogP contribution in [0, 0.1) is 0 Å². The summed E-state index contributed by atoms with van der Waals surface area (Å²) in [4.78, 5) is 0. The van der Waals surface area contributed by atoms with E-state index in [9.17, 15) is 4.39 Å². The summed E-state index contributed by atoms with van der Waals surface area (Å²) in [5.41, 5.74) is 0. The second kappa shape index (κ2) is 5.42. The average molecular weight is 146 g/mol. The van der Waals surface area contributed by atoms with Gasteiger partial charge >= 0.3 is 0 Å². The normalized spacial score (nSPS) is 13.1. The molecule has 0 aromatic heterocycles. The molecule has 60 valence electrons. The van der Waals surface area contributed by atoms with Crippen molar-refractivity contribution in [3.05, 3.63) is 12.4 Å². The molecule has 1 unspecified atom stereocenters. The SMILES string of the molecule is C=C(F)C(O)CCCCC. The van der Waals surface area contributed by atoms with Gasteiger partial charge in [-0.15, -0.1) is 0 Å². The molecule has 0 aliphatic carbocycles. The summed E-state index contributed by atoms with van der Waals surface area (Å²) < 4.78 is 12.1. The summed E-state index contributed by atoms with van der Waals surface area (Å²) in [6, 6.07) is 0. The molecule has 0 bridgehead atoms. The largest absolute Gasteiger partial charge is 0.386 e. The quantitative estimate of drug-likeness (QED) is 0.590. The average Bonchev–Trinajstić information content (AvgIpc) is 1.88. The van der Waals surface area contributed by atoms with Gasteiger partial charge < -0.3 is 5.11 Å². The second-order valence-corrected chi connectivity index (χ2v) is 2.46. The Kier molecular flexibility index (Phi) is 5.22. The lowest BCUT2D eigenvalue weighted by atomic mass is 10.1. The first-order valence-electron chi connectivity index (χ1n) is 3.70. The Hall–Kier alpha value is -0.370. The number of aliphatic hydroxyl groups is 1. The van der Waals surface area contributed by atoms with Crippen molar-refractivity contribution in [2.75, 3.05) is 0 Å². The molecule has 0 spiro atoms. The zero-order valence-corrected chi connectivity index (χ0v) is 6.44. The molecule has 0 heterocycles. The fourth-order valence-corrected chi connectivity index (χ4v) is 0.744. The van der Waals surface area contributed by atoms with Gasteiger partial charge in [0, 0.05) is 0 Å². The lowest BCUT2D eigenvalue weighted by molar-refractivity contribution is 0.170. The lowest BCUT2D eigenvalue weighted by Crippen LogP contribution is -2.05. The molecule has 0 aromatic rings. The van der Waals surface area contributed by atoms with Crippen molar-refractivity contribution < 1.29 is 9.50 Å². The number of hydrogen-bond acceptors (Lipinski definition) is 1. The van der Waals surface area contributed by atoms with Crippen LogP contribution in [0.25, 0.3) is 0 Å². The molecule has 1 N–H and O–H groups in total. The molecule has 1 atom stereocenters. The summed E-state index contributed by atoms with van der Waals surface area (Å²) in [5.74, 6) is -0.615. The number of unbranched alkanes of at least 4 members (excludes halogenated alkanes) is 2. The van der Waals surface area contributed by atoms with Crippen LogP contribution in [0.4, 0.5) is 4.39 Å². The molecule has 1 nitrogen and oxygen atoms in total. The molecule has 0 fully saturated rings. The van der Waals surface area contributed by atoms with E-state index in [2.05, 4.69) is 13.5 Å². The van der Waals surface area contributed by atoms with E-state index in [1.165, 1.54) is 0 Å². The van der Waals surface area contributed by atoms with Gasteiger partial charge in [0.25, 0.3) is 0 Å². The molecule has 0 aromatic carbocycles. The van der Waals surface area contributed by atoms with Crippen molar-refractivity contribution in [2.45, 2.75) is 38.7 Å². The number of halogens is 1. The molecule has 0 aliphatic rings. The molecule has 0 radical (unpaired) electrons. The Morgan fingerprint density at radius 3 is 2.60 bits per heavy atom. The van der Waals surface area contributed by atoms with Gasteiger partial charge in [-0.25, -0.2) is 4.39 Å². The summed E-state index contributed by atoms with van der Waals surface area (Å²) in [5, 5.41) is 8.88. The van der Waals surface area contributed by atoms with E-state index in [1.807, 2.05) is 0 Å². The Labute approximate surface area is 61.6 Å². The van der Waals surface area contributed by atoms with Crippen molar-refractivity contribution in [3.8, 4) is 0 Å². The van der Waals surface area contributed by atoms with Crippen LogP contribution in [0.15, 0.2) is 12.4 Å². The summed E-state index contributed by atoms with van der Waals surface area (Å²) in [7, 11) is 0. The van der Waals surface area contributed by atoms with Crippen LogP contribution >= 0.6 is 0 Å². The van der Waals surface area contributed by atoms with Crippen LogP contribution in [0.3, 0.4) is 0 Å². The van der Waals surface area contributed by atoms with Crippen LogP contribution in [-0.2, 0) is 0 Å². The third-order valence-electron chi connectivity index (χ3n) is 1.44. The first-order chi connectivity index (χ1) is 4.68. The molecule has 10 heavy (non-hydrogen) atoms. The van der Waals surface area contributed by atoms with Gasteiger partial charge in [0.15, 0.2) is 0 Å². The maximum Gasteiger partial charge on any atom is 0.121 e. The van der Waals surface area contributed by atoms with Crippen LogP contribution in [0.2, 0.25) is 0 Å². The minimum atomic E-state index is -0.938. The van der Waals surface area contributed by atoms with Crippen molar-refractivity contribution in [1.82, 2.24) is 0 Å². The highest BCUT2D eigenvalue weighted by molar-refractivity contribution is 4.88. The molecule has 0 amide bonds. The zero-order chi connectivity index (χ0) is 7.98. The smallest absolute Gasteiger partial charge is 0.121 e. The van der Waals surface area contributed by atoms with Crippen molar-refractivity contribution in [3.63, 3.8) is 0 Å². The predicted octanol–water partition coefficient (Wildman–Crippen LogP) is 2.41. The maximum absolute atomic E-state index is 12.1. The van der Waals surface area contributed by atoms with Crippen LogP contribution in [0.1, 0.15) is 32.6 Å². The summed E-state index contributed by atoms with van der Waals surface area (Å²) >= 11 is 0. The highest BCUT2D eigenvalue weighted by Crippen LogP contribution is 2.09. The predicted molar refractivity (Wildman–Crippen MR) is 40.4 cm³/mol. The van der Waals surface area contributed by atoms with Gasteiger partial charge in [-0.3, -0.25) is 0 Å². The lowest BCUT2D eigenvalue weighted by Gasteiger charge is -2.05. The van der Waals surface area contributed by atoms with Gasteiger partial charge in [-0.05, 0) is 6.42 Å². The summed E-state index contributed by atoms with van der Waals surface area (Å²) in [6.07, 6.45) is 2.58. The second-order valence-electron chi connectivity index (χ2n) is 2.46. The Morgan fingerprint density at radius 2 is 2.20 bits per heavy atom. The Morgan fingerprint density at radius 1 is 1.60 bits per heavy atom. The highest BCUT2D eigenvalue weighted by atomic mass is 19.1. The fraction of sp³-hybridized carbons (Fsp3) is 0.750. The standard InChI is InChI=1S/C8H15FO/c1-3-4-5-6-8(10)7(2)9/h8,10H,2-6H2,1H3. The van der Waals surface area contributed by atoms with Crippen LogP contribution in [0.5, 0.6) is 0 Å². The monoisotopic (exact) mass is 146 g/mol. The van der Waals surface area contributed by atoms with Crippen molar-refractivity contribution in [1.29, 1.82) is 0 Å². The van der Waals surface area contributed by atoms with Gasteiger partial charge in [0.2, 0.25) is 0 Å². The minimum Gasteiger partial charge on any atom is -0.386 e. The summed E-state index contributed by atoms with van der Waals surface area (Å²) in [6.45, 7) is 5.08. The fourth-order valence-electron chi connectivity index (χ4n) is 0.744. The number of hydrogen-bond donors (Lipinski definition) is 1. The molecule has 0 saturated carbocycles. The van der Waals surface area contributed by atoms with Gasteiger partial charge in [-0.2, -0.15) is 0 Å². The van der Waals surface area contributed by atoms with E-state index in [0.29, 0.717) is 6.42 Å². The maximum atomic E-state index is 12.1. The Balaban J connectivity index is 3.21. The van der Waals surface area contributed by atoms with E-state index in [1.54, 1.807) is 0 Å². The minimum absolute atomic E-state index is 0.503. The van der Waals surface area contributed by atoms with E-state index < -0.39 is 11.9 Å². The van der Waals surface area contributed by atoms with Gasteiger partial charge in [0.1, 0.15) is 11.9 Å². The van der Waals surface area contributed by atoms with Crippen LogP contribution in [-0.4, -0.2) is 11.2 Å². The highest BCUT2D eigenvalue weighted by Gasteiger charge is 2.05.